The van der Waals surface area contributed by atoms with E-state index in [-0.39, 0.29) is 5.82 Å². The summed E-state index contributed by atoms with van der Waals surface area (Å²) in [6.07, 6.45) is 5.09. The maximum atomic E-state index is 13.5. The average molecular weight is 249 g/mol. The molecule has 2 aliphatic rings. The Hall–Kier alpha value is -0.930. The number of benzene rings is 1. The molecular weight excluding hydrogens is 229 g/mol. The van der Waals surface area contributed by atoms with Crippen LogP contribution in [0.3, 0.4) is 0 Å². The summed E-state index contributed by atoms with van der Waals surface area (Å²) in [4.78, 5) is 2.49. The van der Waals surface area contributed by atoms with Gasteiger partial charge in [-0.2, -0.15) is 0 Å². The predicted molar refractivity (Wildman–Crippen MR) is 68.8 cm³/mol. The first-order chi connectivity index (χ1) is 8.74. The van der Waals surface area contributed by atoms with Crippen LogP contribution in [0.25, 0.3) is 0 Å². The number of ether oxygens (including phenoxy) is 1. The number of rotatable bonds is 3. The van der Waals surface area contributed by atoms with E-state index in [2.05, 4.69) is 11.9 Å². The van der Waals surface area contributed by atoms with Crippen LogP contribution in [-0.4, -0.2) is 30.1 Å². The first kappa shape index (κ1) is 12.1. The lowest BCUT2D eigenvalue weighted by atomic mass is 10.0. The van der Waals surface area contributed by atoms with Gasteiger partial charge in [-0.15, -0.1) is 0 Å². The minimum absolute atomic E-state index is 0.159. The van der Waals surface area contributed by atoms with Gasteiger partial charge in [-0.05, 0) is 38.8 Å². The third-order valence-electron chi connectivity index (χ3n) is 4.49. The van der Waals surface area contributed by atoms with Crippen LogP contribution in [0.5, 0.6) is 0 Å². The van der Waals surface area contributed by atoms with Crippen molar-refractivity contribution >= 4 is 0 Å². The molecule has 2 bridgehead atoms. The Morgan fingerprint density at radius 1 is 1.22 bits per heavy atom. The summed E-state index contributed by atoms with van der Waals surface area (Å²) in [5.41, 5.74) is 0.670. The SMILES string of the molecule is CN1[C@@H]2CC[C@H]1C[C@@H](OCc1ccccc1F)C2. The lowest BCUT2D eigenvalue weighted by molar-refractivity contribution is -0.0219. The first-order valence-corrected chi connectivity index (χ1v) is 6.81. The van der Waals surface area contributed by atoms with Crippen molar-refractivity contribution in [1.29, 1.82) is 0 Å². The first-order valence-electron chi connectivity index (χ1n) is 6.81. The fourth-order valence-corrected chi connectivity index (χ4v) is 3.32. The summed E-state index contributed by atoms with van der Waals surface area (Å²) in [7, 11) is 2.22. The minimum atomic E-state index is -0.159. The molecule has 0 N–H and O–H groups in total. The van der Waals surface area contributed by atoms with E-state index in [1.54, 1.807) is 12.1 Å². The Bertz CT molecular complexity index is 409. The van der Waals surface area contributed by atoms with E-state index < -0.39 is 0 Å². The van der Waals surface area contributed by atoms with Gasteiger partial charge in [0.2, 0.25) is 0 Å². The standard InChI is InChI=1S/C15H20FNO/c1-17-12-6-7-13(17)9-14(8-12)18-10-11-4-2-3-5-15(11)16/h2-5,12-14H,6-10H2,1H3/t12-,13+,14+. The van der Waals surface area contributed by atoms with Crippen LogP contribution in [-0.2, 0) is 11.3 Å². The van der Waals surface area contributed by atoms with E-state index in [9.17, 15) is 4.39 Å². The molecule has 3 heteroatoms. The van der Waals surface area contributed by atoms with Gasteiger partial charge in [0.15, 0.2) is 0 Å². The molecule has 0 amide bonds. The summed E-state index contributed by atoms with van der Waals surface area (Å²) in [5.74, 6) is -0.159. The molecule has 1 aromatic rings. The van der Waals surface area contributed by atoms with Gasteiger partial charge in [-0.3, -0.25) is 0 Å². The zero-order valence-electron chi connectivity index (χ0n) is 10.8. The van der Waals surface area contributed by atoms with Crippen molar-refractivity contribution in [2.24, 2.45) is 0 Å². The van der Waals surface area contributed by atoms with Crippen LogP contribution in [0.15, 0.2) is 24.3 Å². The van der Waals surface area contributed by atoms with Crippen LogP contribution >= 0.6 is 0 Å². The van der Waals surface area contributed by atoms with Gasteiger partial charge >= 0.3 is 0 Å². The Labute approximate surface area is 108 Å². The van der Waals surface area contributed by atoms with Gasteiger partial charge in [0, 0.05) is 17.6 Å². The highest BCUT2D eigenvalue weighted by Gasteiger charge is 2.38. The Morgan fingerprint density at radius 3 is 2.56 bits per heavy atom. The summed E-state index contributed by atoms with van der Waals surface area (Å²) in [6.45, 7) is 0.403. The number of nitrogens with zero attached hydrogens (tertiary/aromatic N) is 1. The van der Waals surface area contributed by atoms with E-state index in [1.165, 1.54) is 18.9 Å². The molecule has 0 saturated carbocycles. The third-order valence-corrected chi connectivity index (χ3v) is 4.49. The number of halogens is 1. The summed E-state index contributed by atoms with van der Waals surface area (Å²) >= 11 is 0. The van der Waals surface area contributed by atoms with Crippen molar-refractivity contribution in [3.05, 3.63) is 35.6 Å². The quantitative estimate of drug-likeness (QED) is 0.816. The van der Waals surface area contributed by atoms with Crippen molar-refractivity contribution in [2.45, 2.75) is 50.5 Å². The van der Waals surface area contributed by atoms with Crippen LogP contribution in [0.4, 0.5) is 4.39 Å². The second-order valence-electron chi connectivity index (χ2n) is 5.55. The third kappa shape index (κ3) is 2.29. The maximum absolute atomic E-state index is 13.5. The zero-order valence-corrected chi connectivity index (χ0v) is 10.8. The highest BCUT2D eigenvalue weighted by molar-refractivity contribution is 5.16. The van der Waals surface area contributed by atoms with Gasteiger partial charge in [-0.25, -0.2) is 4.39 Å². The second kappa shape index (κ2) is 4.98. The van der Waals surface area contributed by atoms with Crippen LogP contribution in [0, 0.1) is 5.82 Å². The lowest BCUT2D eigenvalue weighted by Crippen LogP contribution is -2.42. The Morgan fingerprint density at radius 2 is 1.89 bits per heavy atom. The van der Waals surface area contributed by atoms with Gasteiger partial charge in [-0.1, -0.05) is 18.2 Å². The van der Waals surface area contributed by atoms with E-state index in [0.29, 0.717) is 30.4 Å². The van der Waals surface area contributed by atoms with Gasteiger partial charge < -0.3 is 9.64 Å². The molecule has 0 spiro atoms. The van der Waals surface area contributed by atoms with Gasteiger partial charge in [0.25, 0.3) is 0 Å². The number of hydrogen-bond donors (Lipinski definition) is 0. The van der Waals surface area contributed by atoms with Gasteiger partial charge in [0.05, 0.1) is 12.7 Å². The molecule has 2 fully saturated rings. The van der Waals surface area contributed by atoms with Crippen molar-refractivity contribution < 1.29 is 9.13 Å². The average Bonchev–Trinajstić information content (AvgIpc) is 2.62. The Balaban J connectivity index is 1.57. The minimum Gasteiger partial charge on any atom is -0.373 e. The van der Waals surface area contributed by atoms with Crippen molar-refractivity contribution in [3.8, 4) is 0 Å². The molecule has 3 rings (SSSR count). The van der Waals surface area contributed by atoms with E-state index >= 15 is 0 Å². The van der Waals surface area contributed by atoms with Crippen molar-refractivity contribution in [1.82, 2.24) is 4.90 Å². The normalized spacial score (nSPS) is 31.8. The van der Waals surface area contributed by atoms with Crippen LogP contribution in [0.1, 0.15) is 31.2 Å². The van der Waals surface area contributed by atoms with E-state index in [0.717, 1.165) is 12.8 Å². The highest BCUT2D eigenvalue weighted by Crippen LogP contribution is 2.35. The molecule has 3 atom stereocenters. The van der Waals surface area contributed by atoms with Crippen LogP contribution < -0.4 is 0 Å². The van der Waals surface area contributed by atoms with Crippen molar-refractivity contribution in [2.75, 3.05) is 7.05 Å². The molecule has 98 valence electrons. The summed E-state index contributed by atoms with van der Waals surface area (Å²) in [5, 5.41) is 0. The van der Waals surface area contributed by atoms with Gasteiger partial charge in [0.1, 0.15) is 5.82 Å². The fourth-order valence-electron chi connectivity index (χ4n) is 3.32. The summed E-state index contributed by atoms with van der Waals surface area (Å²) < 4.78 is 19.4. The second-order valence-corrected chi connectivity index (χ2v) is 5.55. The topological polar surface area (TPSA) is 12.5 Å². The molecule has 0 unspecified atom stereocenters. The Kier molecular flexibility index (Phi) is 3.35. The van der Waals surface area contributed by atoms with Crippen LogP contribution in [0.2, 0.25) is 0 Å². The molecule has 1 aromatic carbocycles. The monoisotopic (exact) mass is 249 g/mol. The molecule has 2 nitrogen and oxygen atoms in total. The fraction of sp³-hybridized carbons (Fsp3) is 0.600. The summed E-state index contributed by atoms with van der Waals surface area (Å²) in [6, 6.07) is 8.23. The number of hydrogen-bond acceptors (Lipinski definition) is 2. The lowest BCUT2D eigenvalue weighted by Gasteiger charge is -2.36. The molecule has 2 aliphatic heterocycles. The predicted octanol–water partition coefficient (Wildman–Crippen LogP) is 2.97. The molecule has 0 aliphatic carbocycles. The molecule has 0 aromatic heterocycles. The molecule has 18 heavy (non-hydrogen) atoms. The zero-order chi connectivity index (χ0) is 12.5. The number of fused-ring (bicyclic) bond motifs is 2. The molecular formula is C15H20FNO. The smallest absolute Gasteiger partial charge is 0.128 e. The molecule has 0 radical (unpaired) electrons. The molecule has 2 heterocycles. The largest absolute Gasteiger partial charge is 0.373 e. The number of piperidine rings is 1. The van der Waals surface area contributed by atoms with E-state index in [1.807, 2.05) is 6.07 Å². The van der Waals surface area contributed by atoms with Crippen molar-refractivity contribution in [3.63, 3.8) is 0 Å². The molecule has 2 saturated heterocycles. The van der Waals surface area contributed by atoms with E-state index in [4.69, 9.17) is 4.74 Å². The highest BCUT2D eigenvalue weighted by atomic mass is 19.1. The maximum Gasteiger partial charge on any atom is 0.128 e.